The van der Waals surface area contributed by atoms with Gasteiger partial charge in [0, 0.05) is 20.1 Å². The minimum absolute atomic E-state index is 0.109. The van der Waals surface area contributed by atoms with Crippen LogP contribution in [0.2, 0.25) is 0 Å². The molecule has 2 aromatic carbocycles. The molecule has 1 atom stereocenters. The molecule has 3 heterocycles. The number of rotatable bonds is 5. The summed E-state index contributed by atoms with van der Waals surface area (Å²) in [5.41, 5.74) is 1.79. The van der Waals surface area contributed by atoms with Gasteiger partial charge in [0.15, 0.2) is 5.82 Å². The highest BCUT2D eigenvalue weighted by atomic mass is 19.1. The number of halogens is 1. The Morgan fingerprint density at radius 3 is 2.58 bits per heavy atom. The molecule has 1 amide bonds. The molecule has 31 heavy (non-hydrogen) atoms. The predicted molar refractivity (Wildman–Crippen MR) is 116 cm³/mol. The van der Waals surface area contributed by atoms with Crippen molar-refractivity contribution in [3.05, 3.63) is 66.1 Å². The number of carbonyl (C=O) groups is 1. The molecule has 2 aliphatic heterocycles. The number of aromatic nitrogens is 2. The van der Waals surface area contributed by atoms with E-state index in [4.69, 9.17) is 9.72 Å². The fraction of sp³-hybridized carbons (Fsp3) is 0.261. The Kier molecular flexibility index (Phi) is 4.89. The van der Waals surface area contributed by atoms with E-state index in [9.17, 15) is 9.18 Å². The van der Waals surface area contributed by atoms with Crippen molar-refractivity contribution in [3.63, 3.8) is 0 Å². The molecule has 7 nitrogen and oxygen atoms in total. The van der Waals surface area contributed by atoms with Gasteiger partial charge in [-0.25, -0.2) is 9.37 Å². The Bertz CT molecular complexity index is 1100. The van der Waals surface area contributed by atoms with Crippen molar-refractivity contribution in [2.24, 2.45) is 0 Å². The molecule has 0 unspecified atom stereocenters. The van der Waals surface area contributed by atoms with Crippen LogP contribution in [-0.2, 0) is 11.3 Å². The van der Waals surface area contributed by atoms with Crippen molar-refractivity contribution in [3.8, 4) is 11.5 Å². The summed E-state index contributed by atoms with van der Waals surface area (Å²) < 4.78 is 18.7. The number of amides is 1. The van der Waals surface area contributed by atoms with Gasteiger partial charge in [0.25, 0.3) is 0 Å². The maximum Gasteiger partial charge on any atom is 0.249 e. The van der Waals surface area contributed by atoms with Crippen LogP contribution in [-0.4, -0.2) is 35.5 Å². The van der Waals surface area contributed by atoms with Gasteiger partial charge in [0.05, 0.1) is 6.20 Å². The third-order valence-corrected chi connectivity index (χ3v) is 5.68. The summed E-state index contributed by atoms with van der Waals surface area (Å²) in [6.07, 6.45) is 3.56. The van der Waals surface area contributed by atoms with E-state index in [0.29, 0.717) is 24.0 Å². The minimum atomic E-state index is -0.295. The molecule has 0 saturated carbocycles. The molecule has 1 aromatic heterocycles. The monoisotopic (exact) mass is 419 g/mol. The number of likely N-dealkylation sites (N-methyl/N-ethyl adjacent to an activating group) is 1. The van der Waals surface area contributed by atoms with Gasteiger partial charge in [-0.1, -0.05) is 12.1 Å². The van der Waals surface area contributed by atoms with Gasteiger partial charge in [0.2, 0.25) is 11.9 Å². The number of carbonyl (C=O) groups excluding carboxylic acids is 1. The normalized spacial score (nSPS) is 17.4. The first-order chi connectivity index (χ1) is 15.1. The summed E-state index contributed by atoms with van der Waals surface area (Å²) >= 11 is 0. The molecule has 8 heteroatoms. The first kappa shape index (κ1) is 19.3. The summed E-state index contributed by atoms with van der Waals surface area (Å²) in [6.45, 7) is 1.39. The lowest BCUT2D eigenvalue weighted by atomic mass is 10.1. The average Bonchev–Trinajstić information content (AvgIpc) is 3.29. The smallest absolute Gasteiger partial charge is 0.249 e. The maximum absolute atomic E-state index is 13.0. The zero-order valence-electron chi connectivity index (χ0n) is 17.1. The van der Waals surface area contributed by atoms with Crippen LogP contribution >= 0.6 is 0 Å². The van der Waals surface area contributed by atoms with Gasteiger partial charge in [-0.05, 0) is 54.8 Å². The Hall–Kier alpha value is -3.68. The molecule has 1 saturated heterocycles. The minimum Gasteiger partial charge on any atom is -0.457 e. The summed E-state index contributed by atoms with van der Waals surface area (Å²) in [5.74, 6) is 2.41. The van der Waals surface area contributed by atoms with Crippen LogP contribution < -0.4 is 19.9 Å². The van der Waals surface area contributed by atoms with Crippen molar-refractivity contribution in [2.75, 3.05) is 28.7 Å². The van der Waals surface area contributed by atoms with E-state index in [-0.39, 0.29) is 17.8 Å². The van der Waals surface area contributed by atoms with Crippen molar-refractivity contribution in [1.82, 2.24) is 9.97 Å². The number of hydrogen-bond acceptors (Lipinski definition) is 6. The van der Waals surface area contributed by atoms with Crippen LogP contribution in [0.15, 0.2) is 54.7 Å². The molecule has 0 spiro atoms. The first-order valence-corrected chi connectivity index (χ1v) is 10.3. The molecule has 0 aliphatic carbocycles. The summed E-state index contributed by atoms with van der Waals surface area (Å²) in [4.78, 5) is 25.3. The van der Waals surface area contributed by atoms with E-state index in [1.165, 1.54) is 12.1 Å². The number of anilines is 3. The van der Waals surface area contributed by atoms with Crippen LogP contribution in [0, 0.1) is 5.82 Å². The second kappa shape index (κ2) is 7.86. The standard InChI is InChI=1S/C23H22FN5O2/c1-28-20-14-26-23(27-21(20)29-12-2-3-19(29)22(28)30)25-13-15-4-8-17(9-5-15)31-18-10-6-16(24)7-11-18/h4-11,14,19H,2-3,12-13H2,1H3,(H,25,26,27)/t19-/m1/s1. The van der Waals surface area contributed by atoms with Gasteiger partial charge in [-0.3, -0.25) is 4.79 Å². The molecule has 1 fully saturated rings. The fourth-order valence-electron chi connectivity index (χ4n) is 4.01. The van der Waals surface area contributed by atoms with E-state index in [2.05, 4.69) is 15.2 Å². The van der Waals surface area contributed by atoms with Gasteiger partial charge < -0.3 is 19.9 Å². The SMILES string of the molecule is CN1C(=O)[C@H]2CCCN2c2nc(NCc3ccc(Oc4ccc(F)cc4)cc3)ncc21. The number of nitrogens with one attached hydrogen (secondary N) is 1. The lowest BCUT2D eigenvalue weighted by Crippen LogP contribution is -2.49. The molecule has 5 rings (SSSR count). The predicted octanol–water partition coefficient (Wildman–Crippen LogP) is 3.97. The van der Waals surface area contributed by atoms with E-state index in [1.54, 1.807) is 30.3 Å². The number of benzene rings is 2. The topological polar surface area (TPSA) is 70.6 Å². The van der Waals surface area contributed by atoms with Gasteiger partial charge >= 0.3 is 0 Å². The first-order valence-electron chi connectivity index (χ1n) is 10.3. The lowest BCUT2D eigenvalue weighted by Gasteiger charge is -2.36. The number of ether oxygens (including phenoxy) is 1. The molecule has 1 N–H and O–H groups in total. The Labute approximate surface area is 179 Å². The van der Waals surface area contributed by atoms with Gasteiger partial charge in [0.1, 0.15) is 29.0 Å². The second-order valence-corrected chi connectivity index (χ2v) is 7.70. The zero-order valence-corrected chi connectivity index (χ0v) is 17.1. The van der Waals surface area contributed by atoms with Crippen molar-refractivity contribution >= 4 is 23.4 Å². The summed E-state index contributed by atoms with van der Waals surface area (Å²) in [7, 11) is 1.78. The largest absolute Gasteiger partial charge is 0.457 e. The van der Waals surface area contributed by atoms with Crippen molar-refractivity contribution in [2.45, 2.75) is 25.4 Å². The van der Waals surface area contributed by atoms with Crippen LogP contribution in [0.3, 0.4) is 0 Å². The maximum atomic E-state index is 13.0. The van der Waals surface area contributed by atoms with E-state index in [1.807, 2.05) is 24.3 Å². The zero-order chi connectivity index (χ0) is 21.4. The number of nitrogens with zero attached hydrogens (tertiary/aromatic N) is 4. The Morgan fingerprint density at radius 2 is 1.84 bits per heavy atom. The second-order valence-electron chi connectivity index (χ2n) is 7.70. The average molecular weight is 419 g/mol. The third kappa shape index (κ3) is 3.76. The van der Waals surface area contributed by atoms with Crippen molar-refractivity contribution in [1.29, 1.82) is 0 Å². The van der Waals surface area contributed by atoms with E-state index >= 15 is 0 Å². The highest BCUT2D eigenvalue weighted by Crippen LogP contribution is 2.38. The highest BCUT2D eigenvalue weighted by molar-refractivity contribution is 6.04. The molecule has 0 radical (unpaired) electrons. The van der Waals surface area contributed by atoms with Crippen LogP contribution in [0.1, 0.15) is 18.4 Å². The Morgan fingerprint density at radius 1 is 1.13 bits per heavy atom. The third-order valence-electron chi connectivity index (χ3n) is 5.68. The molecule has 2 aliphatic rings. The van der Waals surface area contributed by atoms with Crippen LogP contribution in [0.25, 0.3) is 0 Å². The van der Waals surface area contributed by atoms with E-state index < -0.39 is 0 Å². The molecular formula is C23H22FN5O2. The molecule has 3 aromatic rings. The quantitative estimate of drug-likeness (QED) is 0.675. The molecule has 158 valence electrons. The fourth-order valence-corrected chi connectivity index (χ4v) is 4.01. The van der Waals surface area contributed by atoms with Crippen LogP contribution in [0.5, 0.6) is 11.5 Å². The summed E-state index contributed by atoms with van der Waals surface area (Å²) in [6, 6.07) is 13.4. The van der Waals surface area contributed by atoms with Crippen molar-refractivity contribution < 1.29 is 13.9 Å². The van der Waals surface area contributed by atoms with Gasteiger partial charge in [-0.2, -0.15) is 4.98 Å². The van der Waals surface area contributed by atoms with Crippen LogP contribution in [0.4, 0.5) is 21.8 Å². The van der Waals surface area contributed by atoms with E-state index in [0.717, 1.165) is 36.5 Å². The highest BCUT2D eigenvalue weighted by Gasteiger charge is 2.40. The van der Waals surface area contributed by atoms with Gasteiger partial charge in [-0.15, -0.1) is 0 Å². The lowest BCUT2D eigenvalue weighted by molar-refractivity contribution is -0.119. The number of hydrogen-bond donors (Lipinski definition) is 1. The Balaban J connectivity index is 1.26. The molecular weight excluding hydrogens is 397 g/mol. The number of fused-ring (bicyclic) bond motifs is 3. The summed E-state index contributed by atoms with van der Waals surface area (Å²) in [5, 5.41) is 3.26. The molecule has 0 bridgehead atoms.